The maximum absolute atomic E-state index is 12.1. The number of amides is 1. The van der Waals surface area contributed by atoms with Crippen LogP contribution in [0, 0.1) is 0 Å². The van der Waals surface area contributed by atoms with Crippen molar-refractivity contribution in [2.24, 2.45) is 0 Å². The second kappa shape index (κ2) is 8.51. The number of carbonyl (C=O) groups is 1. The third-order valence-electron chi connectivity index (χ3n) is 2.82. The molecule has 0 aliphatic heterocycles. The molecule has 0 fully saturated rings. The Morgan fingerprint density at radius 1 is 1.27 bits per heavy atom. The van der Waals surface area contributed by atoms with Crippen LogP contribution in [0.4, 0.5) is 0 Å². The maximum atomic E-state index is 12.1. The Hall–Kier alpha value is -1.92. The van der Waals surface area contributed by atoms with Crippen LogP contribution in [-0.2, 0) is 6.54 Å². The number of thiophene rings is 1. The van der Waals surface area contributed by atoms with Gasteiger partial charge >= 0.3 is 0 Å². The number of carbonyl (C=O) groups excluding carboxylic acids is 1. The van der Waals surface area contributed by atoms with Gasteiger partial charge in [0, 0.05) is 10.4 Å². The summed E-state index contributed by atoms with van der Waals surface area (Å²) in [5.74, 6) is 0.530. The monoisotopic (exact) mass is 334 g/mol. The normalized spacial score (nSPS) is 10.0. The summed E-state index contributed by atoms with van der Waals surface area (Å²) in [5, 5.41) is 8.00. The highest BCUT2D eigenvalue weighted by molar-refractivity contribution is 7.80. The molecule has 0 radical (unpaired) electrons. The predicted molar refractivity (Wildman–Crippen MR) is 93.5 cm³/mol. The molecule has 0 saturated heterocycles. The van der Waals surface area contributed by atoms with E-state index in [4.69, 9.17) is 17.0 Å². The van der Waals surface area contributed by atoms with Crippen LogP contribution in [0.2, 0.25) is 0 Å². The molecule has 1 amide bonds. The molecule has 1 aromatic carbocycles. The van der Waals surface area contributed by atoms with Gasteiger partial charge in [-0.1, -0.05) is 13.0 Å². The van der Waals surface area contributed by atoms with Gasteiger partial charge in [-0.15, -0.1) is 11.3 Å². The third-order valence-corrected chi connectivity index (χ3v) is 3.94. The number of ether oxygens (including phenoxy) is 1. The number of nitrogens with one attached hydrogen (secondary N) is 2. The molecule has 0 saturated carbocycles. The Balaban J connectivity index is 1.81. The summed E-state index contributed by atoms with van der Waals surface area (Å²) in [4.78, 5) is 13.2. The van der Waals surface area contributed by atoms with Crippen LogP contribution in [0.15, 0.2) is 41.8 Å². The molecule has 0 bridgehead atoms. The van der Waals surface area contributed by atoms with E-state index in [1.54, 1.807) is 35.6 Å². The average Bonchev–Trinajstić information content (AvgIpc) is 3.05. The lowest BCUT2D eigenvalue weighted by atomic mass is 10.2. The molecule has 2 N–H and O–H groups in total. The minimum Gasteiger partial charge on any atom is -0.494 e. The van der Waals surface area contributed by atoms with Crippen LogP contribution >= 0.6 is 23.6 Å². The van der Waals surface area contributed by atoms with Crippen LogP contribution < -0.4 is 15.4 Å². The second-order valence-corrected chi connectivity index (χ2v) is 6.03. The van der Waals surface area contributed by atoms with E-state index in [1.165, 1.54) is 0 Å². The lowest BCUT2D eigenvalue weighted by Crippen LogP contribution is -2.38. The first-order valence-electron chi connectivity index (χ1n) is 7.03. The van der Waals surface area contributed by atoms with Gasteiger partial charge in [0.25, 0.3) is 5.91 Å². The number of hydrogen-bond acceptors (Lipinski definition) is 4. The standard InChI is InChI=1S/C16H18N2O2S2/c1-2-9-20-13-7-5-12(6-8-13)15(19)18-16(21)17-11-14-4-3-10-22-14/h3-8,10H,2,9,11H2,1H3,(H2,17,18,19,21). The quantitative estimate of drug-likeness (QED) is 0.796. The molecule has 0 atom stereocenters. The minimum atomic E-state index is -0.231. The first-order valence-corrected chi connectivity index (χ1v) is 8.32. The van der Waals surface area contributed by atoms with Crippen LogP contribution in [0.1, 0.15) is 28.6 Å². The van der Waals surface area contributed by atoms with Crippen molar-refractivity contribution in [2.45, 2.75) is 19.9 Å². The highest BCUT2D eigenvalue weighted by Gasteiger charge is 2.08. The van der Waals surface area contributed by atoms with E-state index in [0.717, 1.165) is 17.0 Å². The first-order chi connectivity index (χ1) is 10.7. The molecule has 0 spiro atoms. The van der Waals surface area contributed by atoms with Crippen molar-refractivity contribution in [1.29, 1.82) is 0 Å². The zero-order valence-electron chi connectivity index (χ0n) is 12.3. The predicted octanol–water partition coefficient (Wildman–Crippen LogP) is 3.34. The fraction of sp³-hybridized carbons (Fsp3) is 0.250. The molecule has 0 unspecified atom stereocenters. The zero-order valence-corrected chi connectivity index (χ0v) is 13.9. The van der Waals surface area contributed by atoms with E-state index < -0.39 is 0 Å². The van der Waals surface area contributed by atoms with Crippen molar-refractivity contribution in [3.05, 3.63) is 52.2 Å². The van der Waals surface area contributed by atoms with E-state index >= 15 is 0 Å². The van der Waals surface area contributed by atoms with Crippen molar-refractivity contribution in [3.63, 3.8) is 0 Å². The molecule has 2 rings (SSSR count). The van der Waals surface area contributed by atoms with E-state index in [0.29, 0.717) is 23.8 Å². The minimum absolute atomic E-state index is 0.231. The van der Waals surface area contributed by atoms with E-state index in [9.17, 15) is 4.79 Å². The number of rotatable bonds is 6. The van der Waals surface area contributed by atoms with Crippen molar-refractivity contribution < 1.29 is 9.53 Å². The lowest BCUT2D eigenvalue weighted by Gasteiger charge is -2.09. The summed E-state index contributed by atoms with van der Waals surface area (Å²) in [6.07, 6.45) is 0.951. The summed E-state index contributed by atoms with van der Waals surface area (Å²) in [5.41, 5.74) is 0.545. The summed E-state index contributed by atoms with van der Waals surface area (Å²) in [6.45, 7) is 3.33. The van der Waals surface area contributed by atoms with Gasteiger partial charge in [-0.05, 0) is 54.4 Å². The van der Waals surface area contributed by atoms with Gasteiger partial charge in [-0.3, -0.25) is 10.1 Å². The fourth-order valence-corrected chi connectivity index (χ4v) is 2.53. The summed E-state index contributed by atoms with van der Waals surface area (Å²) in [6, 6.07) is 11.0. The number of hydrogen-bond donors (Lipinski definition) is 2. The second-order valence-electron chi connectivity index (χ2n) is 4.59. The van der Waals surface area contributed by atoms with Gasteiger partial charge in [0.15, 0.2) is 5.11 Å². The van der Waals surface area contributed by atoms with Gasteiger partial charge in [0.1, 0.15) is 5.75 Å². The summed E-state index contributed by atoms with van der Waals surface area (Å²) >= 11 is 6.76. The zero-order chi connectivity index (χ0) is 15.8. The smallest absolute Gasteiger partial charge is 0.257 e. The Morgan fingerprint density at radius 3 is 2.68 bits per heavy atom. The maximum Gasteiger partial charge on any atom is 0.257 e. The van der Waals surface area contributed by atoms with Gasteiger partial charge in [-0.25, -0.2) is 0 Å². The van der Waals surface area contributed by atoms with Crippen LogP contribution in [0.5, 0.6) is 5.75 Å². The molecule has 2 aromatic rings. The third kappa shape index (κ3) is 5.13. The molecule has 0 aliphatic rings. The molecule has 1 heterocycles. The number of thiocarbonyl (C=S) groups is 1. The fourth-order valence-electron chi connectivity index (χ4n) is 1.72. The van der Waals surface area contributed by atoms with Crippen LogP contribution in [-0.4, -0.2) is 17.6 Å². The van der Waals surface area contributed by atoms with Crippen LogP contribution in [0.3, 0.4) is 0 Å². The Kier molecular flexibility index (Phi) is 6.36. The van der Waals surface area contributed by atoms with Crippen molar-refractivity contribution in [1.82, 2.24) is 10.6 Å². The van der Waals surface area contributed by atoms with Gasteiger partial charge in [0.05, 0.1) is 13.2 Å². The van der Waals surface area contributed by atoms with Crippen molar-refractivity contribution >= 4 is 34.6 Å². The molecule has 4 nitrogen and oxygen atoms in total. The summed E-state index contributed by atoms with van der Waals surface area (Å²) < 4.78 is 5.48. The van der Waals surface area contributed by atoms with E-state index in [-0.39, 0.29) is 5.91 Å². The van der Waals surface area contributed by atoms with E-state index in [2.05, 4.69) is 10.6 Å². The van der Waals surface area contributed by atoms with Gasteiger partial charge < -0.3 is 10.1 Å². The van der Waals surface area contributed by atoms with Crippen LogP contribution in [0.25, 0.3) is 0 Å². The van der Waals surface area contributed by atoms with E-state index in [1.807, 2.05) is 24.4 Å². The molecule has 6 heteroatoms. The Morgan fingerprint density at radius 2 is 2.05 bits per heavy atom. The molecule has 116 valence electrons. The first kappa shape index (κ1) is 16.5. The van der Waals surface area contributed by atoms with Gasteiger partial charge in [0.2, 0.25) is 0 Å². The average molecular weight is 334 g/mol. The largest absolute Gasteiger partial charge is 0.494 e. The van der Waals surface area contributed by atoms with Crippen molar-refractivity contribution in [3.8, 4) is 5.75 Å². The summed E-state index contributed by atoms with van der Waals surface area (Å²) in [7, 11) is 0. The molecule has 22 heavy (non-hydrogen) atoms. The molecule has 1 aromatic heterocycles. The van der Waals surface area contributed by atoms with Gasteiger partial charge in [-0.2, -0.15) is 0 Å². The topological polar surface area (TPSA) is 50.4 Å². The highest BCUT2D eigenvalue weighted by Crippen LogP contribution is 2.12. The number of benzene rings is 1. The lowest BCUT2D eigenvalue weighted by molar-refractivity contribution is 0.0976. The molecular formula is C16H18N2O2S2. The van der Waals surface area contributed by atoms with Crippen molar-refractivity contribution in [2.75, 3.05) is 6.61 Å². The Bertz CT molecular complexity index is 610. The SMILES string of the molecule is CCCOc1ccc(C(=O)NC(=S)NCc2cccs2)cc1. The Labute approximate surface area is 139 Å². The molecule has 0 aliphatic carbocycles. The highest BCUT2D eigenvalue weighted by atomic mass is 32.1. The molecular weight excluding hydrogens is 316 g/mol.